The molecule has 2 fully saturated rings. The summed E-state index contributed by atoms with van der Waals surface area (Å²) in [5.41, 5.74) is 3.11. The Hall–Kier alpha value is -2.34. The van der Waals surface area contributed by atoms with Crippen LogP contribution in [-0.4, -0.2) is 55.3 Å². The smallest absolute Gasteiger partial charge is 0.230 e. The number of amides is 1. The molecule has 0 spiro atoms. The fourth-order valence-electron chi connectivity index (χ4n) is 7.33. The standard InChI is InChI=1S/C31H46N4O2/c1-4-33-19-23(18-32-33)20-35(31(37)28-14-8-13-27-26(28)12-9-15-30(27)36)25-16-17-29(22(2)3)34(21-25)24-10-6-5-7-11-24/h9,12,15,18-19,22,24-25,28-29,36H,4-8,10-11,13-14,16-17,20-21H2,1-3H3/t25?,28-,29?/m0/s1. The number of carbonyl (C=O) groups excluding carboxylic acids is 1. The molecule has 1 aromatic heterocycles. The van der Waals surface area contributed by atoms with Crippen molar-refractivity contribution in [1.29, 1.82) is 0 Å². The largest absolute Gasteiger partial charge is 0.508 e. The van der Waals surface area contributed by atoms with Gasteiger partial charge in [-0.05, 0) is 75.0 Å². The monoisotopic (exact) mass is 506 g/mol. The predicted molar refractivity (Wildman–Crippen MR) is 147 cm³/mol. The Kier molecular flexibility index (Phi) is 8.23. The Morgan fingerprint density at radius 1 is 1.11 bits per heavy atom. The summed E-state index contributed by atoms with van der Waals surface area (Å²) >= 11 is 0. The van der Waals surface area contributed by atoms with Crippen LogP contribution in [-0.2, 0) is 24.3 Å². The van der Waals surface area contributed by atoms with E-state index >= 15 is 0 Å². The van der Waals surface area contributed by atoms with Crippen molar-refractivity contribution in [3.63, 3.8) is 0 Å². The second-order valence-electron chi connectivity index (χ2n) is 12.0. The van der Waals surface area contributed by atoms with E-state index in [4.69, 9.17) is 0 Å². The minimum atomic E-state index is -0.178. The number of aryl methyl sites for hydroxylation is 1. The zero-order chi connectivity index (χ0) is 25.9. The SMILES string of the molecule is CCn1cc(CN(C(=O)[C@H]2CCCc3c(O)cccc32)C2CCC(C(C)C)N(C3CCCCC3)C2)cn1. The summed E-state index contributed by atoms with van der Waals surface area (Å²) in [6.45, 7) is 9.25. The third-order valence-electron chi connectivity index (χ3n) is 9.32. The maximum absolute atomic E-state index is 14.4. The van der Waals surface area contributed by atoms with Crippen molar-refractivity contribution in [3.8, 4) is 5.75 Å². The van der Waals surface area contributed by atoms with Crippen molar-refractivity contribution in [2.45, 2.75) is 122 Å². The van der Waals surface area contributed by atoms with Crippen LogP contribution in [0.3, 0.4) is 0 Å². The number of hydrogen-bond acceptors (Lipinski definition) is 4. The highest BCUT2D eigenvalue weighted by molar-refractivity contribution is 5.85. The van der Waals surface area contributed by atoms with Crippen LogP contribution in [0, 0.1) is 5.92 Å². The van der Waals surface area contributed by atoms with Crippen LogP contribution in [0.4, 0.5) is 0 Å². The fourth-order valence-corrected chi connectivity index (χ4v) is 7.33. The number of carbonyl (C=O) groups is 1. The molecule has 1 aromatic carbocycles. The molecule has 5 rings (SSSR count). The van der Waals surface area contributed by atoms with Gasteiger partial charge < -0.3 is 10.0 Å². The summed E-state index contributed by atoms with van der Waals surface area (Å²) in [4.78, 5) is 19.5. The minimum absolute atomic E-state index is 0.178. The average Bonchev–Trinajstić information content (AvgIpc) is 3.39. The summed E-state index contributed by atoms with van der Waals surface area (Å²) in [6.07, 6.45) is 15.5. The van der Waals surface area contributed by atoms with Crippen molar-refractivity contribution < 1.29 is 9.90 Å². The van der Waals surface area contributed by atoms with Crippen molar-refractivity contribution in [2.24, 2.45) is 5.92 Å². The molecular formula is C31H46N4O2. The minimum Gasteiger partial charge on any atom is -0.508 e. The summed E-state index contributed by atoms with van der Waals surface area (Å²) in [7, 11) is 0. The zero-order valence-electron chi connectivity index (χ0n) is 23.1. The number of nitrogens with zero attached hydrogens (tertiary/aromatic N) is 4. The van der Waals surface area contributed by atoms with E-state index < -0.39 is 0 Å². The van der Waals surface area contributed by atoms with E-state index in [-0.39, 0.29) is 17.9 Å². The van der Waals surface area contributed by atoms with Crippen molar-refractivity contribution in [2.75, 3.05) is 6.54 Å². The van der Waals surface area contributed by atoms with Crippen molar-refractivity contribution in [1.82, 2.24) is 19.6 Å². The fraction of sp³-hybridized carbons (Fsp3) is 0.677. The first-order chi connectivity index (χ1) is 18.0. The van der Waals surface area contributed by atoms with E-state index in [1.807, 2.05) is 16.9 Å². The first kappa shape index (κ1) is 26.3. The molecule has 1 amide bonds. The van der Waals surface area contributed by atoms with Crippen LogP contribution < -0.4 is 0 Å². The summed E-state index contributed by atoms with van der Waals surface area (Å²) in [5, 5.41) is 15.0. The molecular weight excluding hydrogens is 460 g/mol. The predicted octanol–water partition coefficient (Wildman–Crippen LogP) is 5.88. The Balaban J connectivity index is 1.45. The van der Waals surface area contributed by atoms with Crippen molar-refractivity contribution >= 4 is 5.91 Å². The van der Waals surface area contributed by atoms with Gasteiger partial charge in [0, 0.05) is 49.5 Å². The molecule has 2 unspecified atom stereocenters. The number of phenolic OH excluding ortho intramolecular Hbond substituents is 1. The molecule has 0 bridgehead atoms. The lowest BCUT2D eigenvalue weighted by atomic mass is 9.80. The average molecular weight is 507 g/mol. The normalized spacial score (nSPS) is 25.2. The first-order valence-corrected chi connectivity index (χ1v) is 14.8. The van der Waals surface area contributed by atoms with Crippen molar-refractivity contribution in [3.05, 3.63) is 47.3 Å². The van der Waals surface area contributed by atoms with Gasteiger partial charge in [-0.25, -0.2) is 0 Å². The van der Waals surface area contributed by atoms with Gasteiger partial charge in [-0.1, -0.05) is 45.2 Å². The highest BCUT2D eigenvalue weighted by atomic mass is 16.3. The van der Waals surface area contributed by atoms with Gasteiger partial charge in [0.2, 0.25) is 5.91 Å². The molecule has 2 aromatic rings. The number of rotatable bonds is 7. The molecule has 202 valence electrons. The number of piperidine rings is 1. The second-order valence-corrected chi connectivity index (χ2v) is 12.0. The molecule has 1 aliphatic heterocycles. The molecule has 6 heteroatoms. The Morgan fingerprint density at radius 3 is 2.65 bits per heavy atom. The van der Waals surface area contributed by atoms with E-state index in [0.717, 1.165) is 61.9 Å². The lowest BCUT2D eigenvalue weighted by Crippen LogP contribution is -2.58. The van der Waals surface area contributed by atoms with Gasteiger partial charge in [0.1, 0.15) is 5.75 Å². The molecule has 6 nitrogen and oxygen atoms in total. The molecule has 1 N–H and O–H groups in total. The van der Waals surface area contributed by atoms with E-state index in [1.54, 1.807) is 6.07 Å². The second kappa shape index (κ2) is 11.6. The first-order valence-electron chi connectivity index (χ1n) is 14.8. The number of aromatic hydroxyl groups is 1. The van der Waals surface area contributed by atoms with Crippen LogP contribution in [0.1, 0.15) is 101 Å². The molecule has 37 heavy (non-hydrogen) atoms. The van der Waals surface area contributed by atoms with Crippen LogP contribution in [0.5, 0.6) is 5.75 Å². The van der Waals surface area contributed by atoms with Gasteiger partial charge in [0.15, 0.2) is 0 Å². The molecule has 3 atom stereocenters. The molecule has 2 aliphatic carbocycles. The van der Waals surface area contributed by atoms with Crippen LogP contribution in [0.15, 0.2) is 30.6 Å². The number of phenols is 1. The van der Waals surface area contributed by atoms with Gasteiger partial charge in [-0.2, -0.15) is 5.10 Å². The third kappa shape index (κ3) is 5.59. The summed E-state index contributed by atoms with van der Waals surface area (Å²) in [6, 6.07) is 7.18. The highest BCUT2D eigenvalue weighted by Crippen LogP contribution is 2.39. The number of hydrogen-bond donors (Lipinski definition) is 1. The number of likely N-dealkylation sites (tertiary alicyclic amines) is 1. The molecule has 1 saturated carbocycles. The molecule has 2 heterocycles. The van der Waals surface area contributed by atoms with Crippen LogP contribution in [0.2, 0.25) is 0 Å². The summed E-state index contributed by atoms with van der Waals surface area (Å²) < 4.78 is 1.95. The van der Waals surface area contributed by atoms with Gasteiger partial charge in [-0.15, -0.1) is 0 Å². The Morgan fingerprint density at radius 2 is 1.92 bits per heavy atom. The van der Waals surface area contributed by atoms with Crippen LogP contribution >= 0.6 is 0 Å². The number of fused-ring (bicyclic) bond motifs is 1. The van der Waals surface area contributed by atoms with Crippen LogP contribution in [0.25, 0.3) is 0 Å². The topological polar surface area (TPSA) is 61.6 Å². The van der Waals surface area contributed by atoms with E-state index in [9.17, 15) is 9.90 Å². The van der Waals surface area contributed by atoms with E-state index in [0.29, 0.717) is 30.3 Å². The van der Waals surface area contributed by atoms with E-state index in [1.165, 1.54) is 32.1 Å². The lowest BCUT2D eigenvalue weighted by molar-refractivity contribution is -0.138. The third-order valence-corrected chi connectivity index (χ3v) is 9.32. The lowest BCUT2D eigenvalue weighted by Gasteiger charge is -2.50. The van der Waals surface area contributed by atoms with Gasteiger partial charge in [0.05, 0.1) is 12.1 Å². The molecule has 3 aliphatic rings. The highest BCUT2D eigenvalue weighted by Gasteiger charge is 2.40. The molecule has 0 radical (unpaired) electrons. The Labute approximate surface area is 223 Å². The number of aromatic nitrogens is 2. The number of benzene rings is 1. The zero-order valence-corrected chi connectivity index (χ0v) is 23.1. The van der Waals surface area contributed by atoms with Gasteiger partial charge in [-0.3, -0.25) is 14.4 Å². The quantitative estimate of drug-likeness (QED) is 0.509. The van der Waals surface area contributed by atoms with E-state index in [2.05, 4.69) is 47.9 Å². The summed E-state index contributed by atoms with van der Waals surface area (Å²) in [5.74, 6) is 1.02. The van der Waals surface area contributed by atoms with Gasteiger partial charge >= 0.3 is 0 Å². The maximum Gasteiger partial charge on any atom is 0.230 e. The maximum atomic E-state index is 14.4. The molecule has 1 saturated heterocycles. The Bertz CT molecular complexity index is 1060. The van der Waals surface area contributed by atoms with Gasteiger partial charge in [0.25, 0.3) is 0 Å².